The van der Waals surface area contributed by atoms with Gasteiger partial charge in [-0.2, -0.15) is 0 Å². The molecular weight excluding hydrogens is 360 g/mol. The van der Waals surface area contributed by atoms with Gasteiger partial charge >= 0.3 is 0 Å². The first-order valence-corrected chi connectivity index (χ1v) is 10.1. The van der Waals surface area contributed by atoms with Gasteiger partial charge in [-0.3, -0.25) is 0 Å². The quantitative estimate of drug-likeness (QED) is 0.585. The van der Waals surface area contributed by atoms with Gasteiger partial charge < -0.3 is 9.15 Å². The second-order valence-corrected chi connectivity index (χ2v) is 8.24. The average molecular weight is 376 g/mol. The molecule has 1 aromatic heterocycles. The fraction of sp³-hybridized carbons (Fsp3) is 0.176. The number of ether oxygens (including phenoxy) is 1. The molecule has 3 aromatic rings. The van der Waals surface area contributed by atoms with E-state index in [9.17, 15) is 8.42 Å². The molecule has 1 heterocycles. The standard InChI is InChI=1S/C17H16N2O4S2/c1-22-14-8-5-9-15(12-14)25(20,21)11-10-24-17-19-18-16(23-17)13-6-3-2-4-7-13/h2-9,12H,10-11H2,1H3. The van der Waals surface area contributed by atoms with E-state index in [1.165, 1.54) is 24.9 Å². The topological polar surface area (TPSA) is 82.3 Å². The van der Waals surface area contributed by atoms with Crippen molar-refractivity contribution in [2.75, 3.05) is 18.6 Å². The Balaban J connectivity index is 1.62. The van der Waals surface area contributed by atoms with Crippen molar-refractivity contribution < 1.29 is 17.6 Å². The van der Waals surface area contributed by atoms with E-state index in [1.807, 2.05) is 30.3 Å². The molecular formula is C17H16N2O4S2. The molecule has 0 atom stereocenters. The van der Waals surface area contributed by atoms with E-state index in [2.05, 4.69) is 10.2 Å². The summed E-state index contributed by atoms with van der Waals surface area (Å²) in [5.41, 5.74) is 0.825. The van der Waals surface area contributed by atoms with Crippen molar-refractivity contribution in [1.29, 1.82) is 0 Å². The lowest BCUT2D eigenvalue weighted by atomic mass is 10.2. The first-order chi connectivity index (χ1) is 12.1. The summed E-state index contributed by atoms with van der Waals surface area (Å²) in [6, 6.07) is 15.8. The zero-order valence-electron chi connectivity index (χ0n) is 13.5. The summed E-state index contributed by atoms with van der Waals surface area (Å²) in [5.74, 6) is 1.21. The summed E-state index contributed by atoms with van der Waals surface area (Å²) in [6.45, 7) is 0. The van der Waals surface area contributed by atoms with Crippen LogP contribution < -0.4 is 4.74 Å². The van der Waals surface area contributed by atoms with Crippen LogP contribution in [0, 0.1) is 0 Å². The number of aromatic nitrogens is 2. The number of methoxy groups -OCH3 is 1. The third kappa shape index (κ3) is 4.40. The lowest BCUT2D eigenvalue weighted by Gasteiger charge is -2.05. The largest absolute Gasteiger partial charge is 0.497 e. The van der Waals surface area contributed by atoms with Gasteiger partial charge in [0.25, 0.3) is 5.22 Å². The van der Waals surface area contributed by atoms with E-state index in [0.29, 0.717) is 22.6 Å². The minimum Gasteiger partial charge on any atom is -0.497 e. The van der Waals surface area contributed by atoms with Crippen LogP contribution in [-0.4, -0.2) is 37.2 Å². The Morgan fingerprint density at radius 2 is 1.88 bits per heavy atom. The number of benzene rings is 2. The average Bonchev–Trinajstić information content (AvgIpc) is 3.11. The van der Waals surface area contributed by atoms with Gasteiger partial charge in [-0.15, -0.1) is 10.2 Å². The maximum absolute atomic E-state index is 12.4. The van der Waals surface area contributed by atoms with E-state index in [4.69, 9.17) is 9.15 Å². The zero-order valence-corrected chi connectivity index (χ0v) is 15.1. The molecule has 8 heteroatoms. The molecule has 0 radical (unpaired) electrons. The van der Waals surface area contributed by atoms with Crippen LogP contribution in [0.5, 0.6) is 5.75 Å². The van der Waals surface area contributed by atoms with Crippen LogP contribution in [0.2, 0.25) is 0 Å². The van der Waals surface area contributed by atoms with Crippen molar-refractivity contribution in [2.45, 2.75) is 10.1 Å². The van der Waals surface area contributed by atoms with Crippen molar-refractivity contribution in [1.82, 2.24) is 10.2 Å². The van der Waals surface area contributed by atoms with Gasteiger partial charge in [0.1, 0.15) is 5.75 Å². The van der Waals surface area contributed by atoms with Crippen molar-refractivity contribution in [3.63, 3.8) is 0 Å². The minimum atomic E-state index is -3.40. The molecule has 0 saturated carbocycles. The molecule has 0 saturated heterocycles. The molecule has 0 bridgehead atoms. The van der Waals surface area contributed by atoms with Gasteiger partial charge in [0, 0.05) is 11.3 Å². The van der Waals surface area contributed by atoms with Gasteiger partial charge in [0.2, 0.25) is 5.89 Å². The zero-order chi connectivity index (χ0) is 17.7. The van der Waals surface area contributed by atoms with Crippen LogP contribution in [0.1, 0.15) is 0 Å². The highest BCUT2D eigenvalue weighted by Gasteiger charge is 2.16. The number of hydrogen-bond acceptors (Lipinski definition) is 7. The highest BCUT2D eigenvalue weighted by molar-refractivity contribution is 8.00. The van der Waals surface area contributed by atoms with Crippen LogP contribution in [0.3, 0.4) is 0 Å². The van der Waals surface area contributed by atoms with Crippen LogP contribution in [0.4, 0.5) is 0 Å². The number of hydrogen-bond donors (Lipinski definition) is 0. The van der Waals surface area contributed by atoms with Gasteiger partial charge in [0.05, 0.1) is 17.8 Å². The Kier molecular flexibility index (Phi) is 5.40. The fourth-order valence-electron chi connectivity index (χ4n) is 2.12. The Bertz CT molecular complexity index is 940. The van der Waals surface area contributed by atoms with E-state index >= 15 is 0 Å². The van der Waals surface area contributed by atoms with Gasteiger partial charge in [-0.05, 0) is 30.3 Å². The molecule has 3 rings (SSSR count). The molecule has 25 heavy (non-hydrogen) atoms. The highest BCUT2D eigenvalue weighted by atomic mass is 32.2. The number of nitrogens with zero attached hydrogens (tertiary/aromatic N) is 2. The molecule has 2 aromatic carbocycles. The van der Waals surface area contributed by atoms with E-state index in [0.717, 1.165) is 5.56 Å². The number of thioether (sulfide) groups is 1. The highest BCUT2D eigenvalue weighted by Crippen LogP contribution is 2.24. The van der Waals surface area contributed by atoms with Crippen LogP contribution in [-0.2, 0) is 9.84 Å². The minimum absolute atomic E-state index is 0.0338. The smallest absolute Gasteiger partial charge is 0.276 e. The third-order valence-corrected chi connectivity index (χ3v) is 6.20. The molecule has 0 fully saturated rings. The molecule has 0 spiro atoms. The Morgan fingerprint density at radius 3 is 2.64 bits per heavy atom. The van der Waals surface area contributed by atoms with Crippen molar-refractivity contribution in [3.8, 4) is 17.2 Å². The number of rotatable bonds is 7. The maximum Gasteiger partial charge on any atom is 0.276 e. The Labute approximate surface area is 150 Å². The first kappa shape index (κ1) is 17.5. The molecule has 0 aliphatic carbocycles. The first-order valence-electron chi connectivity index (χ1n) is 7.47. The van der Waals surface area contributed by atoms with Gasteiger partial charge in [-0.1, -0.05) is 36.0 Å². The summed E-state index contributed by atoms with van der Waals surface area (Å²) in [4.78, 5) is 0.239. The number of sulfone groups is 1. The molecule has 0 aliphatic heterocycles. The van der Waals surface area contributed by atoms with E-state index in [1.54, 1.807) is 18.2 Å². The monoisotopic (exact) mass is 376 g/mol. The Hall–Kier alpha value is -2.32. The lowest BCUT2D eigenvalue weighted by molar-refractivity contribution is 0.413. The Morgan fingerprint density at radius 1 is 1.08 bits per heavy atom. The van der Waals surface area contributed by atoms with Crippen molar-refractivity contribution >= 4 is 21.6 Å². The molecule has 6 nitrogen and oxygen atoms in total. The van der Waals surface area contributed by atoms with Crippen LogP contribution >= 0.6 is 11.8 Å². The van der Waals surface area contributed by atoms with Gasteiger partial charge in [-0.25, -0.2) is 8.42 Å². The van der Waals surface area contributed by atoms with Crippen molar-refractivity contribution in [2.24, 2.45) is 0 Å². The fourth-order valence-corrected chi connectivity index (χ4v) is 4.56. The maximum atomic E-state index is 12.4. The normalized spacial score (nSPS) is 11.4. The summed E-state index contributed by atoms with van der Waals surface area (Å²) >= 11 is 1.22. The molecule has 0 unspecified atom stereocenters. The predicted octanol–water partition coefficient (Wildman–Crippen LogP) is 3.31. The third-order valence-electron chi connectivity index (χ3n) is 3.41. The second-order valence-electron chi connectivity index (χ2n) is 5.09. The summed E-state index contributed by atoms with van der Waals surface area (Å²) in [5, 5.41) is 8.27. The predicted molar refractivity (Wildman–Crippen MR) is 95.5 cm³/mol. The SMILES string of the molecule is COc1cccc(S(=O)(=O)CCSc2nnc(-c3ccccc3)o2)c1. The summed E-state index contributed by atoms with van der Waals surface area (Å²) in [6.07, 6.45) is 0. The summed E-state index contributed by atoms with van der Waals surface area (Å²) < 4.78 is 35.4. The summed E-state index contributed by atoms with van der Waals surface area (Å²) in [7, 11) is -1.90. The van der Waals surface area contributed by atoms with Crippen molar-refractivity contribution in [3.05, 3.63) is 54.6 Å². The molecule has 0 amide bonds. The van der Waals surface area contributed by atoms with Gasteiger partial charge in [0.15, 0.2) is 9.84 Å². The molecule has 0 aliphatic rings. The molecule has 130 valence electrons. The van der Waals surface area contributed by atoms with E-state index < -0.39 is 9.84 Å². The lowest BCUT2D eigenvalue weighted by Crippen LogP contribution is -2.09. The molecule has 0 N–H and O–H groups in total. The van der Waals surface area contributed by atoms with E-state index in [-0.39, 0.29) is 10.6 Å². The second kappa shape index (κ2) is 7.71. The van der Waals surface area contributed by atoms with Crippen LogP contribution in [0.25, 0.3) is 11.5 Å². The van der Waals surface area contributed by atoms with Crippen LogP contribution in [0.15, 0.2) is 69.1 Å².